The van der Waals surface area contributed by atoms with Crippen molar-refractivity contribution in [3.8, 4) is 0 Å². The molecule has 25 heavy (non-hydrogen) atoms. The van der Waals surface area contributed by atoms with Gasteiger partial charge in [-0.2, -0.15) is 0 Å². The highest BCUT2D eigenvalue weighted by atomic mass is 16.2. The van der Waals surface area contributed by atoms with Crippen LogP contribution in [0.5, 0.6) is 0 Å². The van der Waals surface area contributed by atoms with Crippen molar-refractivity contribution in [3.05, 3.63) is 28.8 Å². The first-order valence-corrected chi connectivity index (χ1v) is 9.33. The Kier molecular flexibility index (Phi) is 5.13. The molecule has 1 saturated carbocycles. The molecule has 5 nitrogen and oxygen atoms in total. The van der Waals surface area contributed by atoms with E-state index < -0.39 is 0 Å². The van der Waals surface area contributed by atoms with Gasteiger partial charge in [0, 0.05) is 18.3 Å². The van der Waals surface area contributed by atoms with Gasteiger partial charge in [0.1, 0.15) is 0 Å². The fourth-order valence-corrected chi connectivity index (χ4v) is 4.58. The maximum atomic E-state index is 13.0. The molecule has 5 heteroatoms. The van der Waals surface area contributed by atoms with Crippen molar-refractivity contribution in [2.45, 2.75) is 65.0 Å². The zero-order chi connectivity index (χ0) is 18.1. The van der Waals surface area contributed by atoms with E-state index in [1.54, 1.807) is 0 Å². The smallest absolute Gasteiger partial charge is 0.244 e. The van der Waals surface area contributed by atoms with Crippen LogP contribution in [0.3, 0.4) is 0 Å². The second-order valence-corrected chi connectivity index (χ2v) is 7.64. The van der Waals surface area contributed by atoms with E-state index in [2.05, 4.69) is 38.2 Å². The summed E-state index contributed by atoms with van der Waals surface area (Å²) in [5.74, 6) is -0.285. The number of amides is 2. The van der Waals surface area contributed by atoms with Crippen LogP contribution in [0.25, 0.3) is 0 Å². The summed E-state index contributed by atoms with van der Waals surface area (Å²) in [6.07, 6.45) is 4.64. The Bertz CT molecular complexity index is 663. The summed E-state index contributed by atoms with van der Waals surface area (Å²) < 4.78 is 0. The quantitative estimate of drug-likeness (QED) is 0.881. The van der Waals surface area contributed by atoms with Gasteiger partial charge in [0.15, 0.2) is 0 Å². The molecule has 2 aliphatic rings. The molecular weight excluding hydrogens is 314 g/mol. The Morgan fingerprint density at radius 1 is 1.12 bits per heavy atom. The summed E-state index contributed by atoms with van der Waals surface area (Å²) in [4.78, 5) is 26.6. The molecule has 0 radical (unpaired) electrons. The van der Waals surface area contributed by atoms with Gasteiger partial charge in [-0.05, 0) is 51.2 Å². The number of carbonyl (C=O) groups excluding carboxylic acids is 2. The van der Waals surface area contributed by atoms with Crippen molar-refractivity contribution in [1.29, 1.82) is 0 Å². The van der Waals surface area contributed by atoms with E-state index in [1.165, 1.54) is 5.56 Å². The van der Waals surface area contributed by atoms with Crippen LogP contribution in [-0.2, 0) is 9.59 Å². The Morgan fingerprint density at radius 2 is 1.76 bits per heavy atom. The Labute approximate surface area is 150 Å². The van der Waals surface area contributed by atoms with Crippen LogP contribution in [0.2, 0.25) is 0 Å². The number of aryl methyl sites for hydroxylation is 3. The highest BCUT2D eigenvalue weighted by Gasteiger charge is 2.38. The zero-order valence-corrected chi connectivity index (χ0v) is 15.5. The van der Waals surface area contributed by atoms with E-state index in [1.807, 2.05) is 4.90 Å². The molecule has 2 fully saturated rings. The van der Waals surface area contributed by atoms with Gasteiger partial charge in [-0.1, -0.05) is 30.5 Å². The van der Waals surface area contributed by atoms with Gasteiger partial charge in [-0.25, -0.2) is 0 Å². The lowest BCUT2D eigenvalue weighted by atomic mass is 9.83. The highest BCUT2D eigenvalue weighted by Crippen LogP contribution is 2.31. The van der Waals surface area contributed by atoms with Crippen molar-refractivity contribution in [2.75, 3.05) is 11.4 Å². The Hall–Kier alpha value is -1.88. The minimum atomic E-state index is -0.246. The predicted octanol–water partition coefficient (Wildman–Crippen LogP) is 2.35. The van der Waals surface area contributed by atoms with Gasteiger partial charge in [0.2, 0.25) is 11.8 Å². The average molecular weight is 343 g/mol. The second kappa shape index (κ2) is 7.16. The lowest BCUT2D eigenvalue weighted by Gasteiger charge is -2.32. The molecule has 3 unspecified atom stereocenters. The van der Waals surface area contributed by atoms with Crippen LogP contribution in [0.4, 0.5) is 5.69 Å². The van der Waals surface area contributed by atoms with Gasteiger partial charge in [-0.15, -0.1) is 0 Å². The Morgan fingerprint density at radius 3 is 2.40 bits per heavy atom. The van der Waals surface area contributed by atoms with Gasteiger partial charge >= 0.3 is 0 Å². The molecule has 3 atom stereocenters. The monoisotopic (exact) mass is 343 g/mol. The molecule has 0 spiro atoms. The van der Waals surface area contributed by atoms with Crippen molar-refractivity contribution < 1.29 is 9.59 Å². The third kappa shape index (κ3) is 3.56. The number of primary amides is 1. The molecule has 1 aromatic carbocycles. The SMILES string of the molecule is Cc1cc(C)c(N2CCC(NC3CCCCC3C(N)=O)C2=O)c(C)c1. The molecule has 136 valence electrons. The van der Waals surface area contributed by atoms with Crippen LogP contribution >= 0.6 is 0 Å². The number of rotatable bonds is 4. The van der Waals surface area contributed by atoms with E-state index in [0.29, 0.717) is 0 Å². The average Bonchev–Trinajstić information content (AvgIpc) is 2.88. The van der Waals surface area contributed by atoms with Crippen molar-refractivity contribution in [2.24, 2.45) is 11.7 Å². The first kappa shape index (κ1) is 17.9. The first-order chi connectivity index (χ1) is 11.9. The third-order valence-corrected chi connectivity index (χ3v) is 5.66. The molecule has 0 bridgehead atoms. The number of nitrogens with two attached hydrogens (primary N) is 1. The first-order valence-electron chi connectivity index (χ1n) is 9.33. The number of hydrogen-bond donors (Lipinski definition) is 2. The molecule has 1 heterocycles. The Balaban J connectivity index is 1.75. The van der Waals surface area contributed by atoms with Crippen molar-refractivity contribution in [3.63, 3.8) is 0 Å². The van der Waals surface area contributed by atoms with Crippen molar-refractivity contribution in [1.82, 2.24) is 5.32 Å². The van der Waals surface area contributed by atoms with Gasteiger partial charge in [0.25, 0.3) is 0 Å². The highest BCUT2D eigenvalue weighted by molar-refractivity contribution is 6.00. The number of anilines is 1. The molecule has 3 N–H and O–H groups in total. The van der Waals surface area contributed by atoms with E-state index >= 15 is 0 Å². The summed E-state index contributed by atoms with van der Waals surface area (Å²) >= 11 is 0. The maximum absolute atomic E-state index is 13.0. The maximum Gasteiger partial charge on any atom is 0.244 e. The normalized spacial score (nSPS) is 26.9. The molecule has 0 aromatic heterocycles. The van der Waals surface area contributed by atoms with Crippen LogP contribution in [0.1, 0.15) is 48.8 Å². The van der Waals surface area contributed by atoms with Crippen LogP contribution in [-0.4, -0.2) is 30.4 Å². The molecular formula is C20H29N3O2. The summed E-state index contributed by atoms with van der Waals surface area (Å²) in [6, 6.07) is 4.06. The molecule has 1 aliphatic heterocycles. The minimum Gasteiger partial charge on any atom is -0.369 e. The van der Waals surface area contributed by atoms with Crippen LogP contribution in [0.15, 0.2) is 12.1 Å². The summed E-state index contributed by atoms with van der Waals surface area (Å²) in [5.41, 5.74) is 10.1. The van der Waals surface area contributed by atoms with E-state index in [9.17, 15) is 9.59 Å². The fraction of sp³-hybridized carbons (Fsp3) is 0.600. The fourth-order valence-electron chi connectivity index (χ4n) is 4.58. The molecule has 1 saturated heterocycles. The molecule has 1 aliphatic carbocycles. The number of nitrogens with one attached hydrogen (secondary N) is 1. The van der Waals surface area contributed by atoms with E-state index in [4.69, 9.17) is 5.73 Å². The van der Waals surface area contributed by atoms with E-state index in [-0.39, 0.29) is 29.8 Å². The summed E-state index contributed by atoms with van der Waals surface area (Å²) in [6.45, 7) is 6.92. The van der Waals surface area contributed by atoms with Gasteiger partial charge in [0.05, 0.1) is 12.0 Å². The standard InChI is InChI=1S/C20H29N3O2/c1-12-10-13(2)18(14(3)11-12)23-9-8-17(20(23)25)22-16-7-5-4-6-15(16)19(21)24/h10-11,15-17,22H,4-9H2,1-3H3,(H2,21,24). The molecule has 2 amide bonds. The lowest BCUT2D eigenvalue weighted by Crippen LogP contribution is -2.51. The lowest BCUT2D eigenvalue weighted by molar-refractivity contribution is -0.125. The predicted molar refractivity (Wildman–Crippen MR) is 99.5 cm³/mol. The second-order valence-electron chi connectivity index (χ2n) is 7.64. The largest absolute Gasteiger partial charge is 0.369 e. The van der Waals surface area contributed by atoms with Crippen LogP contribution < -0.4 is 16.0 Å². The topological polar surface area (TPSA) is 75.4 Å². The number of benzene rings is 1. The van der Waals surface area contributed by atoms with Crippen molar-refractivity contribution >= 4 is 17.5 Å². The van der Waals surface area contributed by atoms with Crippen LogP contribution in [0, 0.1) is 26.7 Å². The summed E-state index contributed by atoms with van der Waals surface area (Å²) in [7, 11) is 0. The number of carbonyl (C=O) groups is 2. The third-order valence-electron chi connectivity index (χ3n) is 5.66. The summed E-state index contributed by atoms with van der Waals surface area (Å²) in [5, 5.41) is 3.46. The minimum absolute atomic E-state index is 0.0281. The zero-order valence-electron chi connectivity index (χ0n) is 15.5. The van der Waals surface area contributed by atoms with Gasteiger partial charge < -0.3 is 16.0 Å². The van der Waals surface area contributed by atoms with E-state index in [0.717, 1.165) is 55.5 Å². The number of hydrogen-bond acceptors (Lipinski definition) is 3. The van der Waals surface area contributed by atoms with Gasteiger partial charge in [-0.3, -0.25) is 9.59 Å². The number of nitrogens with zero attached hydrogens (tertiary/aromatic N) is 1. The molecule has 1 aromatic rings. The molecule has 3 rings (SSSR count).